The Morgan fingerprint density at radius 1 is 1.00 bits per heavy atom. The maximum absolute atomic E-state index is 5.72. The Hall–Kier alpha value is -1.06. The second kappa shape index (κ2) is 6.21. The molecule has 1 saturated heterocycles. The van der Waals surface area contributed by atoms with Crippen LogP contribution in [0.15, 0.2) is 24.3 Å². The highest BCUT2D eigenvalue weighted by molar-refractivity contribution is 5.39. The van der Waals surface area contributed by atoms with Gasteiger partial charge in [0, 0.05) is 18.7 Å². The summed E-state index contributed by atoms with van der Waals surface area (Å²) < 4.78 is 6.88. The maximum Gasteiger partial charge on any atom is 0.123 e. The van der Waals surface area contributed by atoms with E-state index in [9.17, 15) is 0 Å². The predicted octanol–water partition coefficient (Wildman–Crippen LogP) is 3.25. The first-order valence-electron chi connectivity index (χ1n) is 8.78. The molecule has 0 bridgehead atoms. The second-order valence-corrected chi connectivity index (χ2v) is 7.66. The molecular formula is C19H31N2O+. The Bertz CT molecular complexity index is 496. The summed E-state index contributed by atoms with van der Waals surface area (Å²) in [6.07, 6.45) is 6.62. The fourth-order valence-electron chi connectivity index (χ4n) is 4.36. The minimum atomic E-state index is 0.200. The van der Waals surface area contributed by atoms with Gasteiger partial charge in [-0.2, -0.15) is 0 Å². The average Bonchev–Trinajstić information content (AvgIpc) is 2.55. The topological polar surface area (TPSA) is 12.5 Å². The summed E-state index contributed by atoms with van der Waals surface area (Å²) in [5.41, 5.74) is 1.62. The molecule has 0 spiro atoms. The molecule has 1 aliphatic heterocycles. The highest BCUT2D eigenvalue weighted by Gasteiger charge is 2.43. The summed E-state index contributed by atoms with van der Waals surface area (Å²) in [5.74, 6) is 1.07. The van der Waals surface area contributed by atoms with Crippen LogP contribution in [0.25, 0.3) is 0 Å². The van der Waals surface area contributed by atoms with E-state index in [1.807, 2.05) is 7.11 Å². The van der Waals surface area contributed by atoms with Crippen LogP contribution >= 0.6 is 0 Å². The van der Waals surface area contributed by atoms with Crippen molar-refractivity contribution in [2.45, 2.75) is 37.6 Å². The van der Waals surface area contributed by atoms with Crippen LogP contribution in [0.2, 0.25) is 0 Å². The first kappa shape index (κ1) is 15.8. The van der Waals surface area contributed by atoms with E-state index in [4.69, 9.17) is 4.74 Å². The summed E-state index contributed by atoms with van der Waals surface area (Å²) in [4.78, 5) is 2.77. The fourth-order valence-corrected chi connectivity index (χ4v) is 4.36. The Balaban J connectivity index is 1.95. The number of benzene rings is 1. The third kappa shape index (κ3) is 2.89. The molecule has 0 aromatic heterocycles. The molecular weight excluding hydrogens is 272 g/mol. The summed E-state index contributed by atoms with van der Waals surface area (Å²) in [7, 11) is 6.52. The molecule has 3 heteroatoms. The van der Waals surface area contributed by atoms with E-state index in [1.165, 1.54) is 63.8 Å². The summed E-state index contributed by atoms with van der Waals surface area (Å²) in [6, 6.07) is 8.71. The lowest BCUT2D eigenvalue weighted by Crippen LogP contribution is -2.60. The van der Waals surface area contributed by atoms with Gasteiger partial charge in [-0.25, -0.2) is 0 Å². The van der Waals surface area contributed by atoms with Gasteiger partial charge >= 0.3 is 0 Å². The number of piperazine rings is 1. The second-order valence-electron chi connectivity index (χ2n) is 7.66. The molecule has 0 unspecified atom stereocenters. The van der Waals surface area contributed by atoms with Crippen molar-refractivity contribution in [2.75, 3.05) is 47.4 Å². The third-order valence-electron chi connectivity index (χ3n) is 5.84. The van der Waals surface area contributed by atoms with Crippen LogP contribution in [-0.2, 0) is 5.54 Å². The first-order chi connectivity index (χ1) is 10.6. The smallest absolute Gasteiger partial charge is 0.123 e. The average molecular weight is 303 g/mol. The lowest BCUT2D eigenvalue weighted by molar-refractivity contribution is -0.895. The van der Waals surface area contributed by atoms with Crippen molar-refractivity contribution in [3.8, 4) is 5.75 Å². The van der Waals surface area contributed by atoms with Crippen LogP contribution in [0.1, 0.15) is 37.7 Å². The summed E-state index contributed by atoms with van der Waals surface area (Å²) in [6.45, 7) is 4.89. The molecule has 0 amide bonds. The molecule has 3 rings (SSSR count). The highest BCUT2D eigenvalue weighted by Crippen LogP contribution is 2.46. The minimum absolute atomic E-state index is 0.200. The van der Waals surface area contributed by atoms with Gasteiger partial charge in [-0.1, -0.05) is 37.5 Å². The molecule has 1 saturated carbocycles. The number of methoxy groups -OCH3 is 1. The molecule has 122 valence electrons. The summed E-state index contributed by atoms with van der Waals surface area (Å²) >= 11 is 0. The van der Waals surface area contributed by atoms with E-state index in [0.717, 1.165) is 10.2 Å². The highest BCUT2D eigenvalue weighted by atomic mass is 16.5. The van der Waals surface area contributed by atoms with Crippen LogP contribution in [0, 0.1) is 0 Å². The Labute approximate surface area is 135 Å². The fraction of sp³-hybridized carbons (Fsp3) is 0.684. The Morgan fingerprint density at radius 2 is 1.64 bits per heavy atom. The van der Waals surface area contributed by atoms with Crippen LogP contribution < -0.4 is 4.74 Å². The van der Waals surface area contributed by atoms with Gasteiger partial charge in [0.2, 0.25) is 0 Å². The zero-order chi connectivity index (χ0) is 15.6. The van der Waals surface area contributed by atoms with Crippen LogP contribution in [0.4, 0.5) is 0 Å². The van der Waals surface area contributed by atoms with Gasteiger partial charge in [0.05, 0.1) is 39.8 Å². The number of likely N-dealkylation sites (N-methyl/N-ethyl adjacent to an activating group) is 1. The zero-order valence-corrected chi connectivity index (χ0v) is 14.5. The predicted molar refractivity (Wildman–Crippen MR) is 91.2 cm³/mol. The van der Waals surface area contributed by atoms with Crippen LogP contribution in [0.5, 0.6) is 5.75 Å². The number of rotatable bonds is 3. The monoisotopic (exact) mass is 303 g/mol. The first-order valence-corrected chi connectivity index (χ1v) is 8.78. The largest absolute Gasteiger partial charge is 0.496 e. The lowest BCUT2D eigenvalue weighted by Gasteiger charge is -2.51. The third-order valence-corrected chi connectivity index (χ3v) is 5.84. The minimum Gasteiger partial charge on any atom is -0.496 e. The van der Waals surface area contributed by atoms with Crippen molar-refractivity contribution < 1.29 is 9.22 Å². The number of ether oxygens (including phenoxy) is 1. The quantitative estimate of drug-likeness (QED) is 0.795. The molecule has 2 aliphatic rings. The molecule has 1 aromatic rings. The van der Waals surface area contributed by atoms with Gasteiger partial charge in [0.1, 0.15) is 5.75 Å². The number of nitrogens with zero attached hydrogens (tertiary/aromatic N) is 2. The van der Waals surface area contributed by atoms with Crippen LogP contribution in [-0.4, -0.2) is 56.8 Å². The normalized spacial score (nSPS) is 24.9. The molecule has 0 radical (unpaired) electrons. The van der Waals surface area contributed by atoms with Crippen molar-refractivity contribution in [3.05, 3.63) is 29.8 Å². The van der Waals surface area contributed by atoms with E-state index in [1.54, 1.807) is 0 Å². The van der Waals surface area contributed by atoms with E-state index >= 15 is 0 Å². The number of hydrogen-bond acceptors (Lipinski definition) is 2. The number of hydrogen-bond donors (Lipinski definition) is 0. The molecule has 1 heterocycles. The van der Waals surface area contributed by atoms with E-state index < -0.39 is 0 Å². The van der Waals surface area contributed by atoms with Gasteiger partial charge in [-0.3, -0.25) is 4.90 Å². The van der Waals surface area contributed by atoms with Gasteiger partial charge < -0.3 is 9.22 Å². The standard InChI is InChI=1S/C19H31N2O/c1-21(2)15-13-20(14-16-21)19(11-7-4-8-12-19)17-9-5-6-10-18(17)22-3/h5-6,9-10H,4,7-8,11-16H2,1-3H3/q+1. The van der Waals surface area contributed by atoms with Crippen molar-refractivity contribution in [1.82, 2.24) is 4.90 Å². The summed E-state index contributed by atoms with van der Waals surface area (Å²) in [5, 5.41) is 0. The Kier molecular flexibility index (Phi) is 4.47. The van der Waals surface area contributed by atoms with Gasteiger partial charge in [0.15, 0.2) is 0 Å². The van der Waals surface area contributed by atoms with E-state index in [0.29, 0.717) is 0 Å². The maximum atomic E-state index is 5.72. The van der Waals surface area contributed by atoms with Crippen molar-refractivity contribution >= 4 is 0 Å². The zero-order valence-electron chi connectivity index (χ0n) is 14.5. The Morgan fingerprint density at radius 3 is 2.27 bits per heavy atom. The molecule has 1 aromatic carbocycles. The van der Waals surface area contributed by atoms with Crippen LogP contribution in [0.3, 0.4) is 0 Å². The molecule has 3 nitrogen and oxygen atoms in total. The van der Waals surface area contributed by atoms with Gasteiger partial charge in [0.25, 0.3) is 0 Å². The molecule has 2 fully saturated rings. The SMILES string of the molecule is COc1ccccc1C1(N2CC[N+](C)(C)CC2)CCCCC1. The molecule has 1 aliphatic carbocycles. The van der Waals surface area contributed by atoms with Crippen molar-refractivity contribution in [2.24, 2.45) is 0 Å². The van der Waals surface area contributed by atoms with Crippen molar-refractivity contribution in [1.29, 1.82) is 0 Å². The number of quaternary nitrogens is 1. The van der Waals surface area contributed by atoms with E-state index in [-0.39, 0.29) is 5.54 Å². The molecule has 22 heavy (non-hydrogen) atoms. The number of para-hydroxylation sites is 1. The van der Waals surface area contributed by atoms with Gasteiger partial charge in [-0.15, -0.1) is 0 Å². The lowest BCUT2D eigenvalue weighted by atomic mass is 9.74. The molecule has 0 atom stereocenters. The van der Waals surface area contributed by atoms with E-state index in [2.05, 4.69) is 43.3 Å². The van der Waals surface area contributed by atoms with Gasteiger partial charge in [-0.05, 0) is 18.9 Å². The van der Waals surface area contributed by atoms with Crippen molar-refractivity contribution in [3.63, 3.8) is 0 Å². The molecule has 0 N–H and O–H groups in total.